The molecule has 0 spiro atoms. The first-order valence-corrected chi connectivity index (χ1v) is 7.76. The number of carbonyl (C=O) groups excluding carboxylic acids is 2. The van der Waals surface area contributed by atoms with Crippen LogP contribution < -0.4 is 10.5 Å². The van der Waals surface area contributed by atoms with Crippen LogP contribution in [0.3, 0.4) is 0 Å². The first kappa shape index (κ1) is 14.7. The van der Waals surface area contributed by atoms with Crippen molar-refractivity contribution in [2.45, 2.75) is 6.92 Å². The first-order valence-electron chi connectivity index (χ1n) is 7.76. The summed E-state index contributed by atoms with van der Waals surface area (Å²) in [7, 11) is 1.60. The summed E-state index contributed by atoms with van der Waals surface area (Å²) >= 11 is 0. The van der Waals surface area contributed by atoms with Crippen LogP contribution in [0.25, 0.3) is 21.8 Å². The van der Waals surface area contributed by atoms with Gasteiger partial charge in [-0.15, -0.1) is 0 Å². The van der Waals surface area contributed by atoms with Crippen molar-refractivity contribution in [3.8, 4) is 5.75 Å². The second-order valence-electron chi connectivity index (χ2n) is 5.95. The van der Waals surface area contributed by atoms with Crippen LogP contribution in [-0.4, -0.2) is 41.9 Å². The number of hydrogen-bond acceptors (Lipinski definition) is 4. The Kier molecular flexibility index (Phi) is 3.11. The number of methoxy groups -OCH3 is 1. The maximum Gasteiger partial charge on any atom is 0.262 e. The lowest BCUT2D eigenvalue weighted by atomic mass is 9.99. The maximum absolute atomic E-state index is 12.8. The SMILES string of the molecule is COc1ccc2[nH]c3c(C)cc4c(c3c2c1)C(=O)N(CCN)C4=O. The van der Waals surface area contributed by atoms with Crippen molar-refractivity contribution in [2.75, 3.05) is 20.2 Å². The van der Waals surface area contributed by atoms with Gasteiger partial charge in [0.1, 0.15) is 5.75 Å². The van der Waals surface area contributed by atoms with Crippen LogP contribution in [0.4, 0.5) is 0 Å². The van der Waals surface area contributed by atoms with Crippen LogP contribution in [0.1, 0.15) is 26.3 Å². The highest BCUT2D eigenvalue weighted by molar-refractivity contribution is 6.30. The van der Waals surface area contributed by atoms with E-state index in [2.05, 4.69) is 4.98 Å². The fourth-order valence-electron chi connectivity index (χ4n) is 3.44. The highest BCUT2D eigenvalue weighted by Gasteiger charge is 2.37. The highest BCUT2D eigenvalue weighted by atomic mass is 16.5. The molecule has 1 aliphatic rings. The monoisotopic (exact) mass is 323 g/mol. The third-order valence-electron chi connectivity index (χ3n) is 4.57. The summed E-state index contributed by atoms with van der Waals surface area (Å²) in [6, 6.07) is 7.44. The number of aromatic amines is 1. The molecule has 0 bridgehead atoms. The molecule has 0 fully saturated rings. The zero-order valence-electron chi connectivity index (χ0n) is 13.5. The number of aryl methyl sites for hydroxylation is 1. The van der Waals surface area contributed by atoms with Crippen LogP contribution in [0.15, 0.2) is 24.3 Å². The number of nitrogens with one attached hydrogen (secondary N) is 1. The molecule has 0 saturated heterocycles. The Balaban J connectivity index is 2.11. The van der Waals surface area contributed by atoms with Gasteiger partial charge >= 0.3 is 0 Å². The molecule has 0 aliphatic carbocycles. The number of hydrogen-bond donors (Lipinski definition) is 2. The Labute approximate surface area is 138 Å². The van der Waals surface area contributed by atoms with Crippen LogP contribution in [-0.2, 0) is 0 Å². The fourth-order valence-corrected chi connectivity index (χ4v) is 3.44. The van der Waals surface area contributed by atoms with Crippen LogP contribution >= 0.6 is 0 Å². The zero-order chi connectivity index (χ0) is 17.0. The molecule has 0 saturated carbocycles. The third kappa shape index (κ3) is 1.80. The number of nitrogens with two attached hydrogens (primary N) is 1. The maximum atomic E-state index is 12.8. The van der Waals surface area contributed by atoms with Crippen molar-refractivity contribution in [3.05, 3.63) is 41.0 Å². The van der Waals surface area contributed by atoms with Crippen molar-refractivity contribution in [1.82, 2.24) is 9.88 Å². The molecule has 0 radical (unpaired) electrons. The molecule has 24 heavy (non-hydrogen) atoms. The van der Waals surface area contributed by atoms with Gasteiger partial charge in [-0.2, -0.15) is 0 Å². The zero-order valence-corrected chi connectivity index (χ0v) is 13.5. The number of carbonyl (C=O) groups is 2. The Morgan fingerprint density at radius 1 is 1.21 bits per heavy atom. The largest absolute Gasteiger partial charge is 0.497 e. The number of rotatable bonds is 3. The van der Waals surface area contributed by atoms with E-state index < -0.39 is 0 Å². The normalized spacial score (nSPS) is 14.0. The van der Waals surface area contributed by atoms with Crippen molar-refractivity contribution in [3.63, 3.8) is 0 Å². The lowest BCUT2D eigenvalue weighted by molar-refractivity contribution is 0.0659. The van der Waals surface area contributed by atoms with E-state index in [0.717, 1.165) is 27.4 Å². The second kappa shape index (κ2) is 5.07. The van der Waals surface area contributed by atoms with E-state index in [1.54, 1.807) is 13.2 Å². The number of fused-ring (bicyclic) bond motifs is 5. The minimum Gasteiger partial charge on any atom is -0.497 e. The molecule has 2 aromatic carbocycles. The molecule has 1 aromatic heterocycles. The highest BCUT2D eigenvalue weighted by Crippen LogP contribution is 2.38. The van der Waals surface area contributed by atoms with Crippen molar-refractivity contribution >= 4 is 33.6 Å². The lowest BCUT2D eigenvalue weighted by Crippen LogP contribution is -2.34. The van der Waals surface area contributed by atoms with Gasteiger partial charge in [0.05, 0.1) is 23.8 Å². The second-order valence-corrected chi connectivity index (χ2v) is 5.95. The third-order valence-corrected chi connectivity index (χ3v) is 4.57. The molecule has 2 amide bonds. The van der Waals surface area contributed by atoms with E-state index in [9.17, 15) is 9.59 Å². The van der Waals surface area contributed by atoms with Crippen molar-refractivity contribution in [1.29, 1.82) is 0 Å². The number of benzene rings is 2. The molecule has 1 aliphatic heterocycles. The number of ether oxygens (including phenoxy) is 1. The van der Waals surface area contributed by atoms with Gasteiger partial charge < -0.3 is 15.5 Å². The summed E-state index contributed by atoms with van der Waals surface area (Å²) in [6.07, 6.45) is 0. The molecular weight excluding hydrogens is 306 g/mol. The molecule has 6 heteroatoms. The van der Waals surface area contributed by atoms with E-state index in [1.807, 2.05) is 25.1 Å². The number of imide groups is 1. The van der Waals surface area contributed by atoms with Crippen molar-refractivity contribution < 1.29 is 14.3 Å². The summed E-state index contributed by atoms with van der Waals surface area (Å²) in [6.45, 7) is 2.40. The smallest absolute Gasteiger partial charge is 0.262 e. The van der Waals surface area contributed by atoms with E-state index in [0.29, 0.717) is 16.9 Å². The molecule has 6 nitrogen and oxygen atoms in total. The van der Waals surface area contributed by atoms with Crippen LogP contribution in [0.2, 0.25) is 0 Å². The number of H-pyrrole nitrogens is 1. The molecule has 0 atom stereocenters. The Morgan fingerprint density at radius 3 is 2.71 bits per heavy atom. The molecule has 122 valence electrons. The van der Waals surface area contributed by atoms with Gasteiger partial charge in [0.15, 0.2) is 0 Å². The minimum atomic E-state index is -0.283. The fraction of sp³-hybridized carbons (Fsp3) is 0.222. The standard InChI is InChI=1S/C18H17N3O3/c1-9-7-12-15(18(23)21(6-5-19)17(12)22)14-11-8-10(24-2)3-4-13(11)20-16(9)14/h3-4,7-8,20H,5-6,19H2,1-2H3. The molecule has 3 aromatic rings. The average molecular weight is 323 g/mol. The number of aromatic nitrogens is 1. The van der Waals surface area contributed by atoms with Crippen LogP contribution in [0, 0.1) is 6.92 Å². The van der Waals surface area contributed by atoms with Gasteiger partial charge in [0.25, 0.3) is 11.8 Å². The number of amides is 2. The summed E-state index contributed by atoms with van der Waals surface area (Å²) in [5.74, 6) is 0.145. The van der Waals surface area contributed by atoms with Gasteiger partial charge in [-0.3, -0.25) is 14.5 Å². The molecule has 0 unspecified atom stereocenters. The first-order chi connectivity index (χ1) is 11.6. The average Bonchev–Trinajstić information content (AvgIpc) is 3.06. The summed E-state index contributed by atoms with van der Waals surface area (Å²) in [5.41, 5.74) is 9.15. The Morgan fingerprint density at radius 2 is 2.00 bits per heavy atom. The van der Waals surface area contributed by atoms with Gasteiger partial charge in [-0.25, -0.2) is 0 Å². The van der Waals surface area contributed by atoms with E-state index in [4.69, 9.17) is 10.5 Å². The topological polar surface area (TPSA) is 88.4 Å². The quantitative estimate of drug-likeness (QED) is 0.723. The summed E-state index contributed by atoms with van der Waals surface area (Å²) < 4.78 is 5.31. The predicted molar refractivity (Wildman–Crippen MR) is 91.5 cm³/mol. The van der Waals surface area contributed by atoms with Crippen LogP contribution in [0.5, 0.6) is 5.75 Å². The van der Waals surface area contributed by atoms with E-state index >= 15 is 0 Å². The van der Waals surface area contributed by atoms with Gasteiger partial charge in [0.2, 0.25) is 0 Å². The van der Waals surface area contributed by atoms with Gasteiger partial charge in [-0.05, 0) is 36.8 Å². The van der Waals surface area contributed by atoms with Gasteiger partial charge in [-0.1, -0.05) is 0 Å². The van der Waals surface area contributed by atoms with E-state index in [-0.39, 0.29) is 24.9 Å². The lowest BCUT2D eigenvalue weighted by Gasteiger charge is -2.11. The summed E-state index contributed by atoms with van der Waals surface area (Å²) in [5, 5.41) is 1.65. The minimum absolute atomic E-state index is 0.221. The van der Waals surface area contributed by atoms with Crippen molar-refractivity contribution in [2.24, 2.45) is 5.73 Å². The molecule has 4 rings (SSSR count). The Hall–Kier alpha value is -2.86. The number of nitrogens with zero attached hydrogens (tertiary/aromatic N) is 1. The molecular formula is C18H17N3O3. The Bertz CT molecular complexity index is 1020. The predicted octanol–water partition coefficient (Wildman–Crippen LogP) is 2.19. The van der Waals surface area contributed by atoms with Gasteiger partial charge in [0, 0.05) is 29.4 Å². The summed E-state index contributed by atoms with van der Waals surface area (Å²) in [4.78, 5) is 30.0. The molecule has 3 N–H and O–H groups in total. The molecule has 2 heterocycles. The van der Waals surface area contributed by atoms with E-state index in [1.165, 1.54) is 4.90 Å².